The van der Waals surface area contributed by atoms with Gasteiger partial charge in [0.05, 0.1) is 18.4 Å². The van der Waals surface area contributed by atoms with Crippen LogP contribution in [0.3, 0.4) is 0 Å². The van der Waals surface area contributed by atoms with Crippen LogP contribution in [-0.2, 0) is 16.1 Å². The second kappa shape index (κ2) is 13.2. The monoisotopic (exact) mass is 593 g/mol. The van der Waals surface area contributed by atoms with Crippen molar-refractivity contribution in [3.05, 3.63) is 47.8 Å². The molecular formula is C25H29F6N5O5. The van der Waals surface area contributed by atoms with Gasteiger partial charge in [-0.05, 0) is 70.0 Å². The van der Waals surface area contributed by atoms with Gasteiger partial charge in [0.1, 0.15) is 11.5 Å². The predicted molar refractivity (Wildman–Crippen MR) is 133 cm³/mol. The van der Waals surface area contributed by atoms with E-state index < -0.39 is 24.3 Å². The van der Waals surface area contributed by atoms with E-state index in [-0.39, 0.29) is 0 Å². The molecule has 0 spiro atoms. The molecule has 0 aliphatic carbocycles. The summed E-state index contributed by atoms with van der Waals surface area (Å²) in [5.74, 6) is -2.01. The number of aliphatic carboxylic acids is 2. The fourth-order valence-electron chi connectivity index (χ4n) is 4.36. The first kappa shape index (κ1) is 31.7. The second-order valence-corrected chi connectivity index (χ2v) is 9.52. The smallest absolute Gasteiger partial charge is 0.475 e. The van der Waals surface area contributed by atoms with Gasteiger partial charge in [-0.25, -0.2) is 19.1 Å². The van der Waals surface area contributed by atoms with Crippen LogP contribution >= 0.6 is 0 Å². The average molecular weight is 594 g/mol. The molecule has 16 heteroatoms. The van der Waals surface area contributed by atoms with E-state index in [1.807, 2.05) is 17.5 Å². The van der Waals surface area contributed by atoms with Crippen LogP contribution in [-0.4, -0.2) is 80.2 Å². The topological polar surface area (TPSA) is 124 Å². The summed E-state index contributed by atoms with van der Waals surface area (Å²) in [5, 5.41) is 19.1. The number of likely N-dealkylation sites (tertiary alicyclic amines) is 1. The summed E-state index contributed by atoms with van der Waals surface area (Å²) >= 11 is 0. The summed E-state index contributed by atoms with van der Waals surface area (Å²) in [7, 11) is 0. The van der Waals surface area contributed by atoms with Crippen LogP contribution in [0.25, 0.3) is 5.65 Å². The van der Waals surface area contributed by atoms with Gasteiger partial charge in [0.2, 0.25) is 0 Å². The van der Waals surface area contributed by atoms with Gasteiger partial charge < -0.3 is 19.5 Å². The molecule has 2 saturated heterocycles. The maximum Gasteiger partial charge on any atom is 0.490 e. The van der Waals surface area contributed by atoms with Crippen LogP contribution in [0.5, 0.6) is 0 Å². The Morgan fingerprint density at radius 2 is 1.49 bits per heavy atom. The molecule has 5 rings (SSSR count). The zero-order valence-electron chi connectivity index (χ0n) is 22.0. The first-order chi connectivity index (χ1) is 19.1. The SMILES string of the molecule is Cc1ccc(CN2CCC(c3nc4ccc(N5CCCC5)cn4n3)CC2)o1.O=C(O)C(F)(F)F.O=C(O)C(F)(F)F. The number of aromatic nitrogens is 3. The second-order valence-electron chi connectivity index (χ2n) is 9.52. The van der Waals surface area contributed by atoms with Gasteiger partial charge in [-0.2, -0.15) is 31.4 Å². The molecule has 2 aliphatic rings. The van der Waals surface area contributed by atoms with Crippen LogP contribution in [0.1, 0.15) is 48.9 Å². The number of piperidine rings is 1. The molecule has 10 nitrogen and oxygen atoms in total. The van der Waals surface area contributed by atoms with Crippen molar-refractivity contribution in [2.75, 3.05) is 31.1 Å². The van der Waals surface area contributed by atoms with Crippen LogP contribution in [0.15, 0.2) is 34.9 Å². The molecule has 2 N–H and O–H groups in total. The van der Waals surface area contributed by atoms with E-state index >= 15 is 0 Å². The van der Waals surface area contributed by atoms with Crippen LogP contribution in [0.2, 0.25) is 0 Å². The molecule has 226 valence electrons. The fraction of sp³-hybridized carbons (Fsp3) is 0.520. The van der Waals surface area contributed by atoms with Gasteiger partial charge >= 0.3 is 24.3 Å². The fourth-order valence-corrected chi connectivity index (χ4v) is 4.36. The number of anilines is 1. The number of fused-ring (bicyclic) bond motifs is 1. The highest BCUT2D eigenvalue weighted by atomic mass is 19.4. The summed E-state index contributed by atoms with van der Waals surface area (Å²) < 4.78 is 71.2. The predicted octanol–water partition coefficient (Wildman–Crippen LogP) is 4.88. The van der Waals surface area contributed by atoms with Crippen LogP contribution in [0.4, 0.5) is 32.0 Å². The summed E-state index contributed by atoms with van der Waals surface area (Å²) in [5.41, 5.74) is 2.22. The van der Waals surface area contributed by atoms with Crippen molar-refractivity contribution in [1.29, 1.82) is 0 Å². The number of rotatable bonds is 4. The molecule has 0 saturated carbocycles. The summed E-state index contributed by atoms with van der Waals surface area (Å²) in [6.45, 7) is 7.34. The van der Waals surface area contributed by atoms with Gasteiger partial charge in [0, 0.05) is 19.0 Å². The third-order valence-corrected chi connectivity index (χ3v) is 6.42. The maximum absolute atomic E-state index is 10.6. The molecule has 0 radical (unpaired) electrons. The minimum absolute atomic E-state index is 0.453. The molecule has 0 unspecified atom stereocenters. The van der Waals surface area contributed by atoms with E-state index in [0.29, 0.717) is 5.92 Å². The van der Waals surface area contributed by atoms with Crippen molar-refractivity contribution < 1.29 is 50.6 Å². The molecule has 0 amide bonds. The lowest BCUT2D eigenvalue weighted by Crippen LogP contribution is -2.32. The van der Waals surface area contributed by atoms with E-state index in [9.17, 15) is 26.3 Å². The highest BCUT2D eigenvalue weighted by molar-refractivity contribution is 5.73. The normalized spacial score (nSPS) is 16.6. The van der Waals surface area contributed by atoms with Crippen LogP contribution < -0.4 is 4.90 Å². The Bertz CT molecular complexity index is 1280. The third-order valence-electron chi connectivity index (χ3n) is 6.42. The maximum atomic E-state index is 10.6. The summed E-state index contributed by atoms with van der Waals surface area (Å²) in [6, 6.07) is 8.42. The number of carbonyl (C=O) groups is 2. The van der Waals surface area contributed by atoms with E-state index in [1.165, 1.54) is 18.5 Å². The third kappa shape index (κ3) is 9.37. The first-order valence-electron chi connectivity index (χ1n) is 12.6. The van der Waals surface area contributed by atoms with Crippen molar-refractivity contribution in [1.82, 2.24) is 19.5 Å². The van der Waals surface area contributed by atoms with Crippen molar-refractivity contribution >= 4 is 23.3 Å². The highest BCUT2D eigenvalue weighted by Gasteiger charge is 2.38. The Morgan fingerprint density at radius 1 is 0.927 bits per heavy atom. The molecule has 2 fully saturated rings. The average Bonchev–Trinajstić information content (AvgIpc) is 3.65. The molecular weight excluding hydrogens is 564 g/mol. The number of carboxylic acids is 2. The molecule has 41 heavy (non-hydrogen) atoms. The van der Waals surface area contributed by atoms with Gasteiger partial charge in [0.15, 0.2) is 11.5 Å². The highest BCUT2D eigenvalue weighted by Crippen LogP contribution is 2.28. The number of aryl methyl sites for hydroxylation is 1. The van der Waals surface area contributed by atoms with Crippen molar-refractivity contribution in [3.63, 3.8) is 0 Å². The lowest BCUT2D eigenvalue weighted by atomic mass is 9.96. The van der Waals surface area contributed by atoms with E-state index in [0.717, 1.165) is 68.6 Å². The molecule has 3 aromatic rings. The van der Waals surface area contributed by atoms with Gasteiger partial charge in [0.25, 0.3) is 0 Å². The molecule has 0 aromatic carbocycles. The van der Waals surface area contributed by atoms with Crippen molar-refractivity contribution in [3.8, 4) is 0 Å². The number of carboxylic acid groups (broad SMARTS) is 2. The zero-order chi connectivity index (χ0) is 30.4. The zero-order valence-corrected chi connectivity index (χ0v) is 22.0. The number of hydrogen-bond donors (Lipinski definition) is 2. The Kier molecular flexibility index (Phi) is 10.2. The minimum Gasteiger partial charge on any atom is -0.475 e. The first-order valence-corrected chi connectivity index (χ1v) is 12.6. The lowest BCUT2D eigenvalue weighted by molar-refractivity contribution is -0.193. The Labute approximate surface area is 230 Å². The molecule has 0 bridgehead atoms. The number of pyridine rings is 1. The quantitative estimate of drug-likeness (QED) is 0.408. The van der Waals surface area contributed by atoms with Gasteiger partial charge in [-0.1, -0.05) is 0 Å². The summed E-state index contributed by atoms with van der Waals surface area (Å²) in [4.78, 5) is 27.5. The van der Waals surface area contributed by atoms with E-state index in [2.05, 4.69) is 34.2 Å². The summed E-state index contributed by atoms with van der Waals surface area (Å²) in [6.07, 6.45) is -3.23. The standard InChI is InChI=1S/C21H27N5O.2C2HF3O2/c1-16-4-6-19(27-16)15-24-12-8-17(9-13-24)21-22-20-7-5-18(14-26(20)23-21)25-10-2-3-11-25;2*3-2(4,5)1(6)7/h4-7,14,17H,2-3,8-13,15H2,1H3;2*(H,6,7). The number of nitrogens with zero attached hydrogens (tertiary/aromatic N) is 5. The number of hydrogen-bond acceptors (Lipinski definition) is 7. The molecule has 0 atom stereocenters. The Hall–Kier alpha value is -3.82. The Balaban J connectivity index is 0.000000276. The minimum atomic E-state index is -5.08. The molecule has 5 heterocycles. The van der Waals surface area contributed by atoms with E-state index in [1.54, 1.807) is 0 Å². The van der Waals surface area contributed by atoms with Crippen molar-refractivity contribution in [2.45, 2.75) is 57.4 Å². The van der Waals surface area contributed by atoms with Crippen molar-refractivity contribution in [2.24, 2.45) is 0 Å². The number of halogens is 6. The molecule has 3 aromatic heterocycles. The van der Waals surface area contributed by atoms with Gasteiger partial charge in [-0.15, -0.1) is 0 Å². The molecule has 2 aliphatic heterocycles. The number of alkyl halides is 6. The largest absolute Gasteiger partial charge is 0.490 e. The van der Waals surface area contributed by atoms with E-state index in [4.69, 9.17) is 34.3 Å². The Morgan fingerprint density at radius 3 is 1.98 bits per heavy atom. The van der Waals surface area contributed by atoms with Crippen LogP contribution in [0, 0.1) is 6.92 Å². The van der Waals surface area contributed by atoms with Gasteiger partial charge in [-0.3, -0.25) is 4.90 Å². The lowest BCUT2D eigenvalue weighted by Gasteiger charge is -2.29. The number of furan rings is 1.